The summed E-state index contributed by atoms with van der Waals surface area (Å²) in [6, 6.07) is 12.4. The smallest absolute Gasteiger partial charge is 0.170 e. The summed E-state index contributed by atoms with van der Waals surface area (Å²) in [6.07, 6.45) is 0. The lowest BCUT2D eigenvalue weighted by Crippen LogP contribution is -2.31. The van der Waals surface area contributed by atoms with Crippen LogP contribution < -0.4 is 21.1 Å². The largest absolute Gasteiger partial charge is 0.492 e. The van der Waals surface area contributed by atoms with Crippen molar-refractivity contribution in [2.45, 2.75) is 0 Å². The minimum atomic E-state index is 0.431. The van der Waals surface area contributed by atoms with Crippen molar-refractivity contribution in [3.8, 4) is 5.75 Å². The lowest BCUT2D eigenvalue weighted by atomic mass is 10.3. The van der Waals surface area contributed by atoms with E-state index >= 15 is 0 Å². The van der Waals surface area contributed by atoms with Crippen molar-refractivity contribution in [3.63, 3.8) is 0 Å². The fourth-order valence-corrected chi connectivity index (χ4v) is 2.41. The maximum Gasteiger partial charge on any atom is 0.170 e. The van der Waals surface area contributed by atoms with E-state index in [1.807, 2.05) is 12.1 Å². The van der Waals surface area contributed by atoms with Crippen molar-refractivity contribution in [1.82, 2.24) is 5.32 Å². The number of thiocarbonyl (C=S) groups is 1. The van der Waals surface area contributed by atoms with E-state index in [4.69, 9.17) is 45.9 Å². The molecule has 0 aliphatic rings. The predicted octanol–water partition coefficient (Wildman–Crippen LogP) is 3.94. The van der Waals surface area contributed by atoms with E-state index in [0.29, 0.717) is 39.7 Å². The van der Waals surface area contributed by atoms with E-state index in [-0.39, 0.29) is 0 Å². The van der Waals surface area contributed by atoms with Crippen LogP contribution in [-0.2, 0) is 0 Å². The average molecular weight is 356 g/mol. The Balaban J connectivity index is 1.71. The number of nitrogens with one attached hydrogen (secondary N) is 2. The molecule has 0 saturated carbocycles. The molecule has 0 unspecified atom stereocenters. The number of anilines is 2. The molecule has 22 heavy (non-hydrogen) atoms. The topological polar surface area (TPSA) is 59.3 Å². The third-order valence-electron chi connectivity index (χ3n) is 2.66. The van der Waals surface area contributed by atoms with Crippen LogP contribution in [0.1, 0.15) is 0 Å². The molecule has 4 N–H and O–H groups in total. The zero-order chi connectivity index (χ0) is 15.9. The molecule has 2 aromatic rings. The van der Waals surface area contributed by atoms with Gasteiger partial charge in [0.25, 0.3) is 0 Å². The van der Waals surface area contributed by atoms with E-state index < -0.39 is 0 Å². The van der Waals surface area contributed by atoms with Crippen LogP contribution in [0.25, 0.3) is 0 Å². The Morgan fingerprint density at radius 3 is 2.36 bits per heavy atom. The number of rotatable bonds is 5. The fourth-order valence-electron chi connectivity index (χ4n) is 1.69. The first-order valence-corrected chi connectivity index (χ1v) is 7.68. The van der Waals surface area contributed by atoms with Gasteiger partial charge in [0, 0.05) is 21.4 Å². The molecule has 2 aromatic carbocycles. The molecule has 0 atom stereocenters. The van der Waals surface area contributed by atoms with Gasteiger partial charge in [-0.05, 0) is 54.7 Å². The van der Waals surface area contributed by atoms with Crippen LogP contribution in [-0.4, -0.2) is 18.3 Å². The second-order valence-electron chi connectivity index (χ2n) is 4.46. The summed E-state index contributed by atoms with van der Waals surface area (Å²) in [4.78, 5) is 0. The van der Waals surface area contributed by atoms with Crippen LogP contribution >= 0.6 is 35.4 Å². The fraction of sp³-hybridized carbons (Fsp3) is 0.133. The summed E-state index contributed by atoms with van der Waals surface area (Å²) in [5.41, 5.74) is 7.20. The van der Waals surface area contributed by atoms with Crippen LogP contribution in [0, 0.1) is 0 Å². The van der Waals surface area contributed by atoms with Gasteiger partial charge < -0.3 is 21.1 Å². The van der Waals surface area contributed by atoms with Gasteiger partial charge in [-0.15, -0.1) is 0 Å². The summed E-state index contributed by atoms with van der Waals surface area (Å²) in [5.74, 6) is 0.622. The van der Waals surface area contributed by atoms with Gasteiger partial charge in [-0.25, -0.2) is 0 Å². The Labute approximate surface area is 144 Å². The number of hydrogen-bond acceptors (Lipinski definition) is 3. The lowest BCUT2D eigenvalue weighted by molar-refractivity contribution is 0.323. The van der Waals surface area contributed by atoms with Gasteiger partial charge in [0.15, 0.2) is 5.11 Å². The van der Waals surface area contributed by atoms with Crippen molar-refractivity contribution >= 4 is 51.9 Å². The standard InChI is InChI=1S/C15H15Cl2N3OS/c16-10-7-11(17)9-14(8-10)21-6-5-19-15(22)20-13-3-1-12(18)2-4-13/h1-4,7-9H,5-6,18H2,(H2,19,20,22). The molecule has 0 amide bonds. The summed E-state index contributed by atoms with van der Waals surface area (Å²) in [7, 11) is 0. The molecule has 7 heteroatoms. The summed E-state index contributed by atoms with van der Waals surface area (Å²) >= 11 is 17.0. The zero-order valence-electron chi connectivity index (χ0n) is 11.6. The zero-order valence-corrected chi connectivity index (χ0v) is 13.9. The van der Waals surface area contributed by atoms with Gasteiger partial charge in [0.05, 0.1) is 6.54 Å². The van der Waals surface area contributed by atoms with Crippen molar-refractivity contribution in [1.29, 1.82) is 0 Å². The number of nitrogens with two attached hydrogens (primary N) is 1. The van der Waals surface area contributed by atoms with Gasteiger partial charge in [0.2, 0.25) is 0 Å². The average Bonchev–Trinajstić information content (AvgIpc) is 2.45. The molecule has 0 spiro atoms. The first-order chi connectivity index (χ1) is 10.5. The Kier molecular flexibility index (Phi) is 6.12. The van der Waals surface area contributed by atoms with Crippen molar-refractivity contribution in [2.75, 3.05) is 24.2 Å². The second kappa shape index (κ2) is 8.08. The SMILES string of the molecule is Nc1ccc(NC(=S)NCCOc2cc(Cl)cc(Cl)c2)cc1. The maximum atomic E-state index is 5.90. The van der Waals surface area contributed by atoms with E-state index in [0.717, 1.165) is 5.69 Å². The molecule has 0 aliphatic heterocycles. The Morgan fingerprint density at radius 1 is 1.09 bits per heavy atom. The normalized spacial score (nSPS) is 10.1. The third kappa shape index (κ3) is 5.60. The maximum absolute atomic E-state index is 5.90. The highest BCUT2D eigenvalue weighted by Gasteiger charge is 2.00. The van der Waals surface area contributed by atoms with E-state index in [1.165, 1.54) is 0 Å². The predicted molar refractivity (Wildman–Crippen MR) is 97.0 cm³/mol. The molecule has 0 radical (unpaired) electrons. The number of halogens is 2. The molecule has 4 nitrogen and oxygen atoms in total. The number of benzene rings is 2. The number of ether oxygens (including phenoxy) is 1. The molecule has 0 aromatic heterocycles. The monoisotopic (exact) mass is 355 g/mol. The minimum Gasteiger partial charge on any atom is -0.492 e. The quantitative estimate of drug-likeness (QED) is 0.430. The Bertz CT molecular complexity index is 629. The van der Waals surface area contributed by atoms with E-state index in [2.05, 4.69) is 10.6 Å². The number of nitrogen functional groups attached to an aromatic ring is 1. The Hall–Kier alpha value is -1.69. The lowest BCUT2D eigenvalue weighted by Gasteiger charge is -2.12. The van der Waals surface area contributed by atoms with Gasteiger partial charge >= 0.3 is 0 Å². The van der Waals surface area contributed by atoms with Crippen molar-refractivity contribution in [3.05, 3.63) is 52.5 Å². The first kappa shape index (κ1) is 16.7. The first-order valence-electron chi connectivity index (χ1n) is 6.52. The van der Waals surface area contributed by atoms with E-state index in [1.54, 1.807) is 30.3 Å². The van der Waals surface area contributed by atoms with Crippen LogP contribution in [0.4, 0.5) is 11.4 Å². The van der Waals surface area contributed by atoms with Gasteiger partial charge in [-0.3, -0.25) is 0 Å². The molecular formula is C15H15Cl2N3OS. The molecule has 0 saturated heterocycles. The molecule has 2 rings (SSSR count). The molecule has 0 fully saturated rings. The minimum absolute atomic E-state index is 0.431. The second-order valence-corrected chi connectivity index (χ2v) is 5.74. The van der Waals surface area contributed by atoms with Gasteiger partial charge in [-0.1, -0.05) is 23.2 Å². The van der Waals surface area contributed by atoms with Gasteiger partial charge in [0.1, 0.15) is 12.4 Å². The molecule has 116 valence electrons. The van der Waals surface area contributed by atoms with E-state index in [9.17, 15) is 0 Å². The van der Waals surface area contributed by atoms with Crippen molar-refractivity contribution in [2.24, 2.45) is 0 Å². The summed E-state index contributed by atoms with van der Waals surface area (Å²) in [5, 5.41) is 7.68. The van der Waals surface area contributed by atoms with Crippen LogP contribution in [0.5, 0.6) is 5.75 Å². The van der Waals surface area contributed by atoms with Crippen LogP contribution in [0.3, 0.4) is 0 Å². The van der Waals surface area contributed by atoms with Gasteiger partial charge in [-0.2, -0.15) is 0 Å². The third-order valence-corrected chi connectivity index (χ3v) is 3.34. The molecule has 0 aliphatic carbocycles. The molecular weight excluding hydrogens is 341 g/mol. The Morgan fingerprint density at radius 2 is 1.73 bits per heavy atom. The summed E-state index contributed by atoms with van der Waals surface area (Å²) in [6.45, 7) is 0.977. The highest BCUT2D eigenvalue weighted by Crippen LogP contribution is 2.23. The highest BCUT2D eigenvalue weighted by atomic mass is 35.5. The van der Waals surface area contributed by atoms with Crippen molar-refractivity contribution < 1.29 is 4.74 Å². The number of hydrogen-bond donors (Lipinski definition) is 3. The highest BCUT2D eigenvalue weighted by molar-refractivity contribution is 7.80. The van der Waals surface area contributed by atoms with Crippen LogP contribution in [0.15, 0.2) is 42.5 Å². The summed E-state index contributed by atoms with van der Waals surface area (Å²) < 4.78 is 5.55. The molecule has 0 heterocycles. The molecule has 0 bridgehead atoms. The van der Waals surface area contributed by atoms with Crippen LogP contribution in [0.2, 0.25) is 10.0 Å².